The molecule has 1 aliphatic carbocycles. The van der Waals surface area contributed by atoms with Crippen molar-refractivity contribution in [2.75, 3.05) is 0 Å². The largest absolute Gasteiger partial charge is 0.354 e. The Bertz CT molecular complexity index is 3040. The highest BCUT2D eigenvalue weighted by molar-refractivity contribution is 6.32. The summed E-state index contributed by atoms with van der Waals surface area (Å²) >= 11 is 0. The van der Waals surface area contributed by atoms with E-state index in [2.05, 4.69) is 110 Å². The lowest BCUT2D eigenvalue weighted by molar-refractivity contribution is 0.824. The van der Waals surface area contributed by atoms with Crippen molar-refractivity contribution >= 4 is 87.7 Å². The van der Waals surface area contributed by atoms with Gasteiger partial charge in [0.25, 0.3) is 0 Å². The molecule has 0 saturated carbocycles. The van der Waals surface area contributed by atoms with Gasteiger partial charge in [-0.1, -0.05) is 75.2 Å². The second kappa shape index (κ2) is 12.6. The van der Waals surface area contributed by atoms with Crippen LogP contribution in [0.15, 0.2) is 97.3 Å². The molecule has 8 aromatic rings. The Hall–Kier alpha value is -6.40. The summed E-state index contributed by atoms with van der Waals surface area (Å²) in [4.78, 5) is 28.7. The molecule has 0 spiro atoms. The quantitative estimate of drug-likeness (QED) is 0.167. The molecule has 0 atom stereocenters. The van der Waals surface area contributed by atoms with Gasteiger partial charge in [-0.05, 0) is 120 Å². The normalized spacial score (nSPS) is 13.6. The Labute approximate surface area is 325 Å². The van der Waals surface area contributed by atoms with Crippen LogP contribution in [-0.4, -0.2) is 29.9 Å². The topological polar surface area (TPSA) is 83.1 Å². The van der Waals surface area contributed by atoms with E-state index >= 15 is 0 Å². The minimum Gasteiger partial charge on any atom is -0.354 e. The van der Waals surface area contributed by atoms with Gasteiger partial charge >= 0.3 is 0 Å². The first kappa shape index (κ1) is 33.0. The molecule has 2 aliphatic heterocycles. The van der Waals surface area contributed by atoms with Crippen molar-refractivity contribution < 1.29 is 0 Å². The Morgan fingerprint density at radius 2 is 0.964 bits per heavy atom. The maximum atomic E-state index is 5.49. The fourth-order valence-electron chi connectivity index (χ4n) is 9.64. The van der Waals surface area contributed by atoms with Gasteiger partial charge in [-0.25, -0.2) is 9.97 Å². The zero-order valence-corrected chi connectivity index (χ0v) is 32.3. The number of unbranched alkanes of at least 4 members (excludes halogenated alkanes) is 2. The number of nitrogens with one attached hydrogen (secondary N) is 2. The summed E-state index contributed by atoms with van der Waals surface area (Å²) in [5.74, 6) is 0. The molecular formula is C50H42N6. The molecule has 2 N–H and O–H groups in total. The van der Waals surface area contributed by atoms with E-state index in [1.54, 1.807) is 0 Å². The molecule has 5 aromatic heterocycles. The van der Waals surface area contributed by atoms with Crippen LogP contribution in [0.1, 0.15) is 89.0 Å². The molecule has 0 radical (unpaired) electrons. The predicted molar refractivity (Wildman–Crippen MR) is 235 cm³/mol. The zero-order chi connectivity index (χ0) is 37.7. The molecule has 0 amide bonds. The molecule has 0 saturated heterocycles. The molecule has 0 fully saturated rings. The van der Waals surface area contributed by atoms with Crippen molar-refractivity contribution in [2.45, 2.75) is 66.2 Å². The number of nitrogens with zero attached hydrogens (tertiary/aromatic N) is 4. The SMILES string of the molecule is CCCCC1=C(C)c2cc3[nH]c(cc4nc(cc5[nH]c(cc1n2)c1c2cccnc2c2ncccc2c51)C(CCCC)=C4C)c1c3-c2cccc3cccc-1c23. The number of rotatable bonds is 6. The fourth-order valence-corrected chi connectivity index (χ4v) is 9.64. The van der Waals surface area contributed by atoms with Crippen molar-refractivity contribution in [1.29, 1.82) is 0 Å². The summed E-state index contributed by atoms with van der Waals surface area (Å²) in [5, 5.41) is 7.01. The van der Waals surface area contributed by atoms with Crippen LogP contribution in [0.2, 0.25) is 0 Å². The number of H-pyrrole nitrogens is 2. The van der Waals surface area contributed by atoms with E-state index in [1.807, 2.05) is 24.5 Å². The minimum absolute atomic E-state index is 0.906. The summed E-state index contributed by atoms with van der Waals surface area (Å²) in [6.07, 6.45) is 10.1. The van der Waals surface area contributed by atoms with Crippen LogP contribution in [-0.2, 0) is 0 Å². The lowest BCUT2D eigenvalue weighted by atomic mass is 9.98. The van der Waals surface area contributed by atoms with E-state index in [1.165, 1.54) is 55.3 Å². The van der Waals surface area contributed by atoms with Crippen LogP contribution in [0, 0.1) is 0 Å². The van der Waals surface area contributed by atoms with Crippen molar-refractivity contribution in [3.05, 3.63) is 120 Å². The van der Waals surface area contributed by atoms with Crippen LogP contribution in [0.4, 0.5) is 0 Å². The highest BCUT2D eigenvalue weighted by atomic mass is 14.8. The zero-order valence-electron chi connectivity index (χ0n) is 32.3. The first-order valence-electron chi connectivity index (χ1n) is 20.2. The molecule has 7 heterocycles. The second-order valence-corrected chi connectivity index (χ2v) is 15.7. The third kappa shape index (κ3) is 4.74. The van der Waals surface area contributed by atoms with E-state index < -0.39 is 0 Å². The first-order chi connectivity index (χ1) is 27.5. The predicted octanol–water partition coefficient (Wildman–Crippen LogP) is 13.6. The third-order valence-electron chi connectivity index (χ3n) is 12.4. The molecule has 0 unspecified atom stereocenters. The van der Waals surface area contributed by atoms with Gasteiger partial charge in [-0.2, -0.15) is 0 Å². The van der Waals surface area contributed by atoms with Crippen molar-refractivity contribution in [3.63, 3.8) is 0 Å². The van der Waals surface area contributed by atoms with Gasteiger partial charge in [0.2, 0.25) is 0 Å². The van der Waals surface area contributed by atoms with E-state index in [9.17, 15) is 0 Å². The van der Waals surface area contributed by atoms with Gasteiger partial charge in [0.05, 0.1) is 33.8 Å². The number of aromatic amines is 2. The van der Waals surface area contributed by atoms with Crippen LogP contribution < -0.4 is 0 Å². The number of pyridine rings is 2. The van der Waals surface area contributed by atoms with Crippen molar-refractivity contribution in [1.82, 2.24) is 29.9 Å². The maximum absolute atomic E-state index is 5.49. The fraction of sp³-hybridized carbons (Fsp3) is 0.200. The Kier molecular flexibility index (Phi) is 7.40. The van der Waals surface area contributed by atoms with E-state index in [-0.39, 0.29) is 0 Å². The standard InChI is InChI=1S/C50H42N6/c1-5-7-15-30-27(3)36-23-40-45-32-17-9-13-29-14-10-18-33(44(29)32)46(45)41(55-40)24-37-28(4)31(16-8-6-2)39(54-37)26-43-48-35-20-12-22-52-50(35)49-34(19-11-21-51-49)47(48)42(56-43)25-38(30)53-36/h9-14,17-26,55-56H,5-8,15-16H2,1-4H3. The third-order valence-corrected chi connectivity index (χ3v) is 12.4. The second-order valence-electron chi connectivity index (χ2n) is 15.7. The van der Waals surface area contributed by atoms with Crippen molar-refractivity contribution in [2.24, 2.45) is 0 Å². The highest BCUT2D eigenvalue weighted by Gasteiger charge is 2.28. The summed E-state index contributed by atoms with van der Waals surface area (Å²) < 4.78 is 0. The van der Waals surface area contributed by atoms with Crippen LogP contribution >= 0.6 is 0 Å². The number of benzene rings is 3. The number of aromatic nitrogens is 6. The smallest absolute Gasteiger partial charge is 0.0971 e. The van der Waals surface area contributed by atoms with Crippen LogP contribution in [0.3, 0.4) is 0 Å². The van der Waals surface area contributed by atoms with Crippen molar-refractivity contribution in [3.8, 4) is 22.3 Å². The molecule has 6 nitrogen and oxygen atoms in total. The number of allylic oxidation sites excluding steroid dienone is 4. The average molecular weight is 727 g/mol. The summed E-state index contributed by atoms with van der Waals surface area (Å²) in [7, 11) is 0. The van der Waals surface area contributed by atoms with Crippen LogP contribution in [0.25, 0.3) is 110 Å². The van der Waals surface area contributed by atoms with Gasteiger partial charge in [-0.15, -0.1) is 0 Å². The summed E-state index contributed by atoms with van der Waals surface area (Å²) in [6, 6.07) is 31.0. The molecule has 3 aliphatic rings. The highest BCUT2D eigenvalue weighted by Crippen LogP contribution is 2.52. The van der Waals surface area contributed by atoms with Crippen LogP contribution in [0.5, 0.6) is 0 Å². The lowest BCUT2D eigenvalue weighted by Crippen LogP contribution is -1.87. The maximum Gasteiger partial charge on any atom is 0.0971 e. The Morgan fingerprint density at radius 3 is 1.45 bits per heavy atom. The molecule has 3 aromatic carbocycles. The molecule has 11 rings (SSSR count). The average Bonchev–Trinajstić information content (AvgIpc) is 4.00. The molecule has 6 heteroatoms. The van der Waals surface area contributed by atoms with E-state index in [4.69, 9.17) is 19.9 Å². The molecule has 8 bridgehead atoms. The van der Waals surface area contributed by atoms with Gasteiger partial charge < -0.3 is 9.97 Å². The molecular weight excluding hydrogens is 685 g/mol. The minimum atomic E-state index is 0.906. The summed E-state index contributed by atoms with van der Waals surface area (Å²) in [6.45, 7) is 9.03. The number of hydrogen-bond donors (Lipinski definition) is 2. The Balaban J connectivity index is 1.35. The van der Waals surface area contributed by atoms with Gasteiger partial charge in [0, 0.05) is 67.1 Å². The first-order valence-corrected chi connectivity index (χ1v) is 20.2. The van der Waals surface area contributed by atoms with Gasteiger partial charge in [-0.3, -0.25) is 9.97 Å². The van der Waals surface area contributed by atoms with E-state index in [0.29, 0.717) is 0 Å². The molecule has 272 valence electrons. The van der Waals surface area contributed by atoms with Gasteiger partial charge in [0.15, 0.2) is 0 Å². The monoisotopic (exact) mass is 726 g/mol. The molecule has 56 heavy (non-hydrogen) atoms. The summed E-state index contributed by atoms with van der Waals surface area (Å²) in [5.41, 5.74) is 20.2. The van der Waals surface area contributed by atoms with E-state index in [0.717, 1.165) is 116 Å². The van der Waals surface area contributed by atoms with Gasteiger partial charge in [0.1, 0.15) is 0 Å². The number of hydrogen-bond acceptors (Lipinski definition) is 4. The lowest BCUT2D eigenvalue weighted by Gasteiger charge is -2.06. The number of fused-ring (bicyclic) bond motifs is 21. The Morgan fingerprint density at radius 1 is 0.500 bits per heavy atom.